The van der Waals surface area contributed by atoms with Crippen molar-refractivity contribution < 1.29 is 9.68 Å². The van der Waals surface area contributed by atoms with Crippen molar-refractivity contribution in [2.24, 2.45) is 5.73 Å². The van der Waals surface area contributed by atoms with Gasteiger partial charge in [-0.25, -0.2) is 0 Å². The van der Waals surface area contributed by atoms with Gasteiger partial charge in [-0.3, -0.25) is 9.68 Å². The molecular formula is C9H16N4O2. The van der Waals surface area contributed by atoms with Crippen LogP contribution in [-0.2, 0) is 9.68 Å². The van der Waals surface area contributed by atoms with Gasteiger partial charge in [0.15, 0.2) is 0 Å². The topological polar surface area (TPSA) is 95.3 Å². The van der Waals surface area contributed by atoms with Gasteiger partial charge in [-0.15, -0.1) is 0 Å². The summed E-state index contributed by atoms with van der Waals surface area (Å²) in [6, 6.07) is 3.80. The van der Waals surface area contributed by atoms with Crippen molar-refractivity contribution in [2.45, 2.75) is 25.8 Å². The molecule has 15 heavy (non-hydrogen) atoms. The fraction of sp³-hybridized carbons (Fsp3) is 0.778. The van der Waals surface area contributed by atoms with Gasteiger partial charge in [0, 0.05) is 6.54 Å². The van der Waals surface area contributed by atoms with Crippen LogP contribution in [0, 0.1) is 22.7 Å². The summed E-state index contributed by atoms with van der Waals surface area (Å²) in [5.41, 5.74) is 5.45. The molecule has 0 aliphatic heterocycles. The maximum atomic E-state index is 8.33. The summed E-state index contributed by atoms with van der Waals surface area (Å²) in [4.78, 5) is 10.4. The Bertz CT molecular complexity index is 213. The average molecular weight is 212 g/mol. The number of hydrogen-bond donors (Lipinski definition) is 1. The van der Waals surface area contributed by atoms with E-state index in [4.69, 9.17) is 25.9 Å². The van der Waals surface area contributed by atoms with E-state index < -0.39 is 0 Å². The third-order valence-corrected chi connectivity index (χ3v) is 1.57. The van der Waals surface area contributed by atoms with Crippen molar-refractivity contribution in [3.63, 3.8) is 0 Å². The summed E-state index contributed by atoms with van der Waals surface area (Å²) in [5, 5.41) is 17.9. The van der Waals surface area contributed by atoms with E-state index in [1.807, 2.05) is 19.1 Å². The molecule has 0 amide bonds. The summed E-state index contributed by atoms with van der Waals surface area (Å²) >= 11 is 0. The first-order chi connectivity index (χ1) is 7.26. The Balaban J connectivity index is 3.86. The van der Waals surface area contributed by atoms with Crippen LogP contribution in [-0.4, -0.2) is 31.0 Å². The SMILES string of the molecule is CC(CN)N(OCCC#N)OCCC#N. The van der Waals surface area contributed by atoms with E-state index in [1.165, 1.54) is 5.23 Å². The Labute approximate surface area is 89.7 Å². The maximum absolute atomic E-state index is 8.33. The van der Waals surface area contributed by atoms with Crippen LogP contribution in [0.5, 0.6) is 0 Å². The molecule has 1 atom stereocenters. The second-order valence-corrected chi connectivity index (χ2v) is 2.85. The molecule has 6 nitrogen and oxygen atoms in total. The van der Waals surface area contributed by atoms with Gasteiger partial charge in [0.1, 0.15) is 0 Å². The predicted octanol–water partition coefficient (Wildman–Crippen LogP) is 0.326. The Kier molecular flexibility index (Phi) is 8.64. The molecule has 1 unspecified atom stereocenters. The molecule has 0 aliphatic rings. The normalized spacial score (nSPS) is 12.1. The van der Waals surface area contributed by atoms with E-state index in [0.29, 0.717) is 6.54 Å². The van der Waals surface area contributed by atoms with Gasteiger partial charge in [0.05, 0.1) is 44.2 Å². The lowest BCUT2D eigenvalue weighted by Crippen LogP contribution is -2.39. The minimum absolute atomic E-state index is 0.109. The van der Waals surface area contributed by atoms with Crippen molar-refractivity contribution in [3.05, 3.63) is 0 Å². The molecule has 84 valence electrons. The van der Waals surface area contributed by atoms with Crippen LogP contribution in [0.25, 0.3) is 0 Å². The molecule has 6 heteroatoms. The Morgan fingerprint density at radius 3 is 2.00 bits per heavy atom. The van der Waals surface area contributed by atoms with Gasteiger partial charge in [-0.05, 0) is 6.92 Å². The smallest absolute Gasteiger partial charge is 0.0841 e. The Hall–Kier alpha value is -1.18. The van der Waals surface area contributed by atoms with Crippen LogP contribution in [0.4, 0.5) is 0 Å². The first-order valence-corrected chi connectivity index (χ1v) is 4.75. The number of nitriles is 2. The van der Waals surface area contributed by atoms with Gasteiger partial charge in [0.25, 0.3) is 0 Å². The zero-order valence-corrected chi connectivity index (χ0v) is 8.85. The summed E-state index contributed by atoms with van der Waals surface area (Å²) < 4.78 is 0. The summed E-state index contributed by atoms with van der Waals surface area (Å²) in [6.45, 7) is 2.72. The average Bonchev–Trinajstić information content (AvgIpc) is 2.26. The standard InChI is InChI=1S/C9H16N4O2/c1-9(8-12)13(14-6-2-4-10)15-7-3-5-11/h9H,2-3,6-8,12H2,1H3. The lowest BCUT2D eigenvalue weighted by atomic mass is 10.4. The lowest BCUT2D eigenvalue weighted by molar-refractivity contribution is -0.383. The van der Waals surface area contributed by atoms with E-state index in [-0.39, 0.29) is 32.1 Å². The van der Waals surface area contributed by atoms with E-state index in [1.54, 1.807) is 0 Å². The zero-order chi connectivity index (χ0) is 11.5. The van der Waals surface area contributed by atoms with Crippen molar-refractivity contribution in [1.82, 2.24) is 5.23 Å². The molecule has 0 saturated heterocycles. The molecule has 0 aromatic rings. The van der Waals surface area contributed by atoms with E-state index in [0.717, 1.165) is 0 Å². The van der Waals surface area contributed by atoms with Crippen LogP contribution < -0.4 is 5.73 Å². The number of hydroxylamine groups is 2. The molecule has 0 aromatic heterocycles. The van der Waals surface area contributed by atoms with Crippen LogP contribution in [0.1, 0.15) is 19.8 Å². The summed E-state index contributed by atoms with van der Waals surface area (Å²) in [6.07, 6.45) is 0.574. The quantitative estimate of drug-likeness (QED) is 0.460. The predicted molar refractivity (Wildman–Crippen MR) is 52.7 cm³/mol. The van der Waals surface area contributed by atoms with Crippen molar-refractivity contribution in [3.8, 4) is 12.1 Å². The fourth-order valence-electron chi connectivity index (χ4n) is 0.740. The van der Waals surface area contributed by atoms with Crippen LogP contribution in [0.15, 0.2) is 0 Å². The molecule has 0 aliphatic carbocycles. The highest BCUT2D eigenvalue weighted by Crippen LogP contribution is 2.01. The third kappa shape index (κ3) is 6.83. The first kappa shape index (κ1) is 13.8. The molecule has 0 spiro atoms. The minimum atomic E-state index is -0.109. The van der Waals surface area contributed by atoms with Gasteiger partial charge >= 0.3 is 0 Å². The fourth-order valence-corrected chi connectivity index (χ4v) is 0.740. The van der Waals surface area contributed by atoms with Gasteiger partial charge < -0.3 is 5.73 Å². The highest BCUT2D eigenvalue weighted by Gasteiger charge is 2.13. The van der Waals surface area contributed by atoms with Crippen molar-refractivity contribution in [1.29, 1.82) is 10.5 Å². The van der Waals surface area contributed by atoms with Gasteiger partial charge in [-0.2, -0.15) is 10.5 Å². The van der Waals surface area contributed by atoms with E-state index in [2.05, 4.69) is 0 Å². The Morgan fingerprint density at radius 2 is 1.67 bits per heavy atom. The first-order valence-electron chi connectivity index (χ1n) is 4.75. The van der Waals surface area contributed by atoms with E-state index >= 15 is 0 Å². The third-order valence-electron chi connectivity index (χ3n) is 1.57. The Morgan fingerprint density at radius 1 is 1.20 bits per heavy atom. The van der Waals surface area contributed by atoms with Crippen LogP contribution >= 0.6 is 0 Å². The second-order valence-electron chi connectivity index (χ2n) is 2.85. The summed E-state index contributed by atoms with van der Waals surface area (Å²) in [5.74, 6) is 0. The van der Waals surface area contributed by atoms with E-state index in [9.17, 15) is 0 Å². The minimum Gasteiger partial charge on any atom is -0.329 e. The van der Waals surface area contributed by atoms with Crippen LogP contribution in [0.3, 0.4) is 0 Å². The van der Waals surface area contributed by atoms with Crippen molar-refractivity contribution in [2.75, 3.05) is 19.8 Å². The molecule has 2 N–H and O–H groups in total. The lowest BCUT2D eigenvalue weighted by Gasteiger charge is -2.25. The van der Waals surface area contributed by atoms with Gasteiger partial charge in [0.2, 0.25) is 0 Å². The maximum Gasteiger partial charge on any atom is 0.0841 e. The summed E-state index contributed by atoms with van der Waals surface area (Å²) in [7, 11) is 0. The molecule has 0 rings (SSSR count). The number of rotatable bonds is 8. The molecular weight excluding hydrogens is 196 g/mol. The molecule has 0 bridgehead atoms. The molecule has 0 aromatic carbocycles. The molecule has 0 heterocycles. The second kappa shape index (κ2) is 9.38. The number of hydrogen-bond acceptors (Lipinski definition) is 6. The number of nitrogens with two attached hydrogens (primary N) is 1. The largest absolute Gasteiger partial charge is 0.329 e. The monoisotopic (exact) mass is 212 g/mol. The zero-order valence-electron chi connectivity index (χ0n) is 8.85. The highest BCUT2D eigenvalue weighted by atomic mass is 16.9. The highest BCUT2D eigenvalue weighted by molar-refractivity contribution is 4.68. The molecule has 0 fully saturated rings. The van der Waals surface area contributed by atoms with Gasteiger partial charge in [-0.1, -0.05) is 5.23 Å². The molecule has 0 saturated carbocycles. The van der Waals surface area contributed by atoms with Crippen LogP contribution in [0.2, 0.25) is 0 Å². The molecule has 0 radical (unpaired) electrons. The van der Waals surface area contributed by atoms with Crippen molar-refractivity contribution >= 4 is 0 Å². The number of nitrogens with zero attached hydrogens (tertiary/aromatic N) is 3.